The number of carbonyl (C=O) groups excluding carboxylic acids is 1. The number of carbonyl (C=O) groups is 1. The van der Waals surface area contributed by atoms with Gasteiger partial charge in [0.15, 0.2) is 20.6 Å². The normalized spacial score (nSPS) is 11.8. The van der Waals surface area contributed by atoms with Crippen LogP contribution in [0.3, 0.4) is 0 Å². The molecule has 0 aliphatic heterocycles. The van der Waals surface area contributed by atoms with Crippen LogP contribution in [0.1, 0.15) is 22.5 Å². The lowest BCUT2D eigenvalue weighted by Crippen LogP contribution is -2.27. The number of amides is 1. The van der Waals surface area contributed by atoms with Gasteiger partial charge in [0.25, 0.3) is 5.91 Å². The maximum absolute atomic E-state index is 12.9. The van der Waals surface area contributed by atoms with Crippen LogP contribution >= 0.6 is 0 Å². The van der Waals surface area contributed by atoms with Crippen LogP contribution in [0.2, 0.25) is 0 Å². The van der Waals surface area contributed by atoms with E-state index >= 15 is 0 Å². The predicted octanol–water partition coefficient (Wildman–Crippen LogP) is 3.81. The maximum atomic E-state index is 12.9. The number of anilines is 1. The highest BCUT2D eigenvalue weighted by Gasteiger charge is 2.17. The molecule has 3 heterocycles. The fourth-order valence-corrected chi connectivity index (χ4v) is 4.45. The molecule has 4 aromatic rings. The Balaban J connectivity index is 1.56. The van der Waals surface area contributed by atoms with Crippen molar-refractivity contribution in [2.45, 2.75) is 18.0 Å². The molecular weight excluding hydrogens is 502 g/mol. The first-order chi connectivity index (χ1) is 17.8. The second kappa shape index (κ2) is 11.5. The van der Waals surface area contributed by atoms with Crippen molar-refractivity contribution in [2.24, 2.45) is 0 Å². The van der Waals surface area contributed by atoms with E-state index in [1.54, 1.807) is 18.5 Å². The summed E-state index contributed by atoms with van der Waals surface area (Å²) in [6, 6.07) is 10.2. The Labute approximate surface area is 212 Å². The fraction of sp³-hybridized carbons (Fsp3) is 0.280. The van der Waals surface area contributed by atoms with Gasteiger partial charge in [0.1, 0.15) is 6.67 Å². The number of hydrogen-bond acceptors (Lipinski definition) is 7. The number of nitrogens with one attached hydrogen (secondary N) is 2. The average molecular weight is 529 g/mol. The molecule has 37 heavy (non-hydrogen) atoms. The minimum Gasteiger partial charge on any atom is -0.319 e. The lowest BCUT2D eigenvalue weighted by atomic mass is 10.0. The molecule has 0 saturated heterocycles. The van der Waals surface area contributed by atoms with Crippen LogP contribution in [0, 0.1) is 0 Å². The molecule has 0 saturated carbocycles. The zero-order chi connectivity index (χ0) is 26.4. The van der Waals surface area contributed by atoms with E-state index in [0.29, 0.717) is 36.1 Å². The number of aromatic nitrogens is 4. The number of H-pyrrole nitrogens is 1. The highest BCUT2D eigenvalue weighted by molar-refractivity contribution is 7.90. The van der Waals surface area contributed by atoms with Gasteiger partial charge in [0.05, 0.1) is 24.1 Å². The number of rotatable bonds is 11. The molecule has 12 heteroatoms. The second-order valence-corrected chi connectivity index (χ2v) is 10.5. The first kappa shape index (κ1) is 26.3. The number of sulfone groups is 1. The van der Waals surface area contributed by atoms with Crippen molar-refractivity contribution >= 4 is 32.3 Å². The Kier molecular flexibility index (Phi) is 8.19. The Morgan fingerprint density at radius 2 is 1.86 bits per heavy atom. The second-order valence-electron chi connectivity index (χ2n) is 8.53. The van der Waals surface area contributed by atoms with Crippen LogP contribution in [0.25, 0.3) is 22.0 Å². The molecular formula is C25H26F2N6O3S. The SMILES string of the molecule is CS(=O)(=O)c1ccc(NC(=O)c2n[nH]c3ccc(-c4cncc(CN(CCF)CCCF)c4)cc23)cn1. The summed E-state index contributed by atoms with van der Waals surface area (Å²) in [5.74, 6) is -0.487. The molecule has 0 bridgehead atoms. The van der Waals surface area contributed by atoms with E-state index in [1.807, 2.05) is 23.1 Å². The minimum atomic E-state index is -3.45. The summed E-state index contributed by atoms with van der Waals surface area (Å²) >= 11 is 0. The molecule has 0 radical (unpaired) electrons. The van der Waals surface area contributed by atoms with Gasteiger partial charge in [-0.3, -0.25) is 24.2 Å². The molecule has 194 valence electrons. The number of halogens is 2. The third-order valence-electron chi connectivity index (χ3n) is 5.70. The molecule has 0 aliphatic carbocycles. The lowest BCUT2D eigenvalue weighted by molar-refractivity contribution is 0.102. The highest BCUT2D eigenvalue weighted by atomic mass is 32.2. The zero-order valence-corrected chi connectivity index (χ0v) is 20.9. The van der Waals surface area contributed by atoms with Crippen molar-refractivity contribution in [3.8, 4) is 11.1 Å². The Morgan fingerprint density at radius 3 is 2.57 bits per heavy atom. The Morgan fingerprint density at radius 1 is 1.03 bits per heavy atom. The number of alkyl halides is 2. The highest BCUT2D eigenvalue weighted by Crippen LogP contribution is 2.26. The van der Waals surface area contributed by atoms with Crippen LogP contribution in [0.15, 0.2) is 60.0 Å². The Bertz CT molecular complexity index is 1490. The van der Waals surface area contributed by atoms with E-state index in [4.69, 9.17) is 0 Å². The third-order valence-corrected chi connectivity index (χ3v) is 6.70. The number of aromatic amines is 1. The zero-order valence-electron chi connectivity index (χ0n) is 20.1. The molecule has 4 rings (SSSR count). The van der Waals surface area contributed by atoms with Crippen LogP contribution in [-0.2, 0) is 16.4 Å². The fourth-order valence-electron chi connectivity index (χ4n) is 3.89. The number of hydrogen-bond donors (Lipinski definition) is 2. The molecule has 1 aromatic carbocycles. The van der Waals surface area contributed by atoms with Gasteiger partial charge in [-0.25, -0.2) is 17.8 Å². The number of pyridine rings is 2. The van der Waals surface area contributed by atoms with Crippen LogP contribution in [0.5, 0.6) is 0 Å². The largest absolute Gasteiger partial charge is 0.319 e. The van der Waals surface area contributed by atoms with Crippen molar-refractivity contribution in [3.63, 3.8) is 0 Å². The van der Waals surface area contributed by atoms with E-state index in [1.165, 1.54) is 18.3 Å². The molecule has 0 atom stereocenters. The van der Waals surface area contributed by atoms with E-state index in [0.717, 1.165) is 22.9 Å². The van der Waals surface area contributed by atoms with E-state index in [9.17, 15) is 22.0 Å². The molecule has 0 aliphatic rings. The molecule has 0 spiro atoms. The number of benzene rings is 1. The van der Waals surface area contributed by atoms with Crippen molar-refractivity contribution in [1.29, 1.82) is 0 Å². The summed E-state index contributed by atoms with van der Waals surface area (Å²) in [6.07, 6.45) is 6.06. The van der Waals surface area contributed by atoms with Gasteiger partial charge < -0.3 is 5.32 Å². The van der Waals surface area contributed by atoms with Gasteiger partial charge in [0.2, 0.25) is 0 Å². The van der Waals surface area contributed by atoms with Gasteiger partial charge in [-0.05, 0) is 47.9 Å². The molecule has 9 nitrogen and oxygen atoms in total. The van der Waals surface area contributed by atoms with E-state index in [-0.39, 0.29) is 17.3 Å². The van der Waals surface area contributed by atoms with Gasteiger partial charge in [0, 0.05) is 49.2 Å². The summed E-state index contributed by atoms with van der Waals surface area (Å²) < 4.78 is 48.7. The summed E-state index contributed by atoms with van der Waals surface area (Å²) in [5.41, 5.74) is 3.61. The van der Waals surface area contributed by atoms with Crippen molar-refractivity contribution in [2.75, 3.05) is 38.0 Å². The molecule has 3 aromatic heterocycles. The van der Waals surface area contributed by atoms with Gasteiger partial charge in [-0.15, -0.1) is 0 Å². The van der Waals surface area contributed by atoms with Gasteiger partial charge in [-0.2, -0.15) is 5.10 Å². The van der Waals surface area contributed by atoms with E-state index < -0.39 is 29.1 Å². The number of nitrogens with zero attached hydrogens (tertiary/aromatic N) is 4. The molecule has 1 amide bonds. The Hall–Kier alpha value is -3.77. The molecule has 2 N–H and O–H groups in total. The van der Waals surface area contributed by atoms with Crippen LogP contribution in [-0.4, -0.2) is 72.1 Å². The van der Waals surface area contributed by atoms with Crippen LogP contribution < -0.4 is 5.32 Å². The van der Waals surface area contributed by atoms with Gasteiger partial charge in [-0.1, -0.05) is 6.07 Å². The summed E-state index contributed by atoms with van der Waals surface area (Å²) in [6.45, 7) is 0.148. The summed E-state index contributed by atoms with van der Waals surface area (Å²) in [5, 5.41) is 10.2. The average Bonchev–Trinajstić information content (AvgIpc) is 3.31. The predicted molar refractivity (Wildman–Crippen MR) is 136 cm³/mol. The summed E-state index contributed by atoms with van der Waals surface area (Å²) in [4.78, 5) is 23.0. The maximum Gasteiger partial charge on any atom is 0.276 e. The lowest BCUT2D eigenvalue weighted by Gasteiger charge is -2.20. The van der Waals surface area contributed by atoms with E-state index in [2.05, 4.69) is 25.5 Å². The van der Waals surface area contributed by atoms with Crippen molar-refractivity contribution in [3.05, 3.63) is 66.2 Å². The van der Waals surface area contributed by atoms with Crippen molar-refractivity contribution in [1.82, 2.24) is 25.1 Å². The standard InChI is InChI=1S/C25H26F2N6O3S/c1-37(35,36)23-6-4-20(15-29-23)30-25(34)24-21-12-18(3-5-22(21)31-32-24)19-11-17(13-28-14-19)16-33(10-8-27)9-2-7-26/h3-6,11-15H,2,7-10,16H2,1H3,(H,30,34)(H,31,32). The first-order valence-electron chi connectivity index (χ1n) is 11.5. The third kappa shape index (κ3) is 6.52. The van der Waals surface area contributed by atoms with Crippen molar-refractivity contribution < 1.29 is 22.0 Å². The molecule has 0 unspecified atom stereocenters. The molecule has 0 fully saturated rings. The van der Waals surface area contributed by atoms with Crippen LogP contribution in [0.4, 0.5) is 14.5 Å². The monoisotopic (exact) mass is 528 g/mol. The minimum absolute atomic E-state index is 0.0913. The number of fused-ring (bicyclic) bond motifs is 1. The van der Waals surface area contributed by atoms with Gasteiger partial charge >= 0.3 is 0 Å². The topological polar surface area (TPSA) is 121 Å². The smallest absolute Gasteiger partial charge is 0.276 e. The summed E-state index contributed by atoms with van der Waals surface area (Å²) in [7, 11) is -3.45. The first-order valence-corrected chi connectivity index (χ1v) is 13.4. The quantitative estimate of drug-likeness (QED) is 0.304.